The fourth-order valence-electron chi connectivity index (χ4n) is 0.372. The van der Waals surface area contributed by atoms with Gasteiger partial charge >= 0.3 is 48.9 Å². The second kappa shape index (κ2) is 7.14. The molecule has 0 fully saturated rings. The molecule has 0 aliphatic rings. The van der Waals surface area contributed by atoms with E-state index in [2.05, 4.69) is 0 Å². The molecule has 0 saturated heterocycles. The van der Waals surface area contributed by atoms with Crippen LogP contribution in [0.1, 0.15) is 12.8 Å². The predicted octanol–water partition coefficient (Wildman–Crippen LogP) is -3.75. The minimum Gasteiger partial charge on any atom is -0.550 e. The quantitative estimate of drug-likeness (QED) is 0.534. The third-order valence-corrected chi connectivity index (χ3v) is 0.894. The molecule has 6 heteroatoms. The Morgan fingerprint density at radius 1 is 1.36 bits per heavy atom. The molecule has 1 N–H and O–H groups in total. The summed E-state index contributed by atoms with van der Waals surface area (Å²) in [5.41, 5.74) is 0. The number of aliphatic hydroxyl groups is 1. The maximum Gasteiger partial charge on any atom is 2.00 e. The smallest absolute Gasteiger partial charge is 0.550 e. The van der Waals surface area contributed by atoms with Crippen LogP contribution < -0.4 is 10.2 Å². The topological polar surface area (TPSA) is 100 Å². The van der Waals surface area contributed by atoms with Crippen LogP contribution in [0, 0.1) is 0 Å². The largest absolute Gasteiger partial charge is 2.00 e. The number of carbonyl (C=O) groups is 2. The molecule has 0 radical (unpaired) electrons. The van der Waals surface area contributed by atoms with Gasteiger partial charge in [-0.25, -0.2) is 0 Å². The Labute approximate surface area is 103 Å². The first-order valence-electron chi connectivity index (χ1n) is 2.63. The van der Waals surface area contributed by atoms with E-state index in [4.69, 9.17) is 5.11 Å². The van der Waals surface area contributed by atoms with E-state index in [1.165, 1.54) is 0 Å². The third kappa shape index (κ3) is 8.38. The number of rotatable bonds is 4. The molecular weight excluding hydrogens is 277 g/mol. The van der Waals surface area contributed by atoms with Gasteiger partial charge in [0.15, 0.2) is 0 Å². The van der Waals surface area contributed by atoms with E-state index in [1.54, 1.807) is 0 Å². The Balaban J connectivity index is 0. The van der Waals surface area contributed by atoms with Crippen LogP contribution >= 0.6 is 0 Å². The second-order valence-electron chi connectivity index (χ2n) is 1.75. The van der Waals surface area contributed by atoms with E-state index in [1.807, 2.05) is 0 Å². The molecule has 0 aliphatic heterocycles. The molecule has 0 unspecified atom stereocenters. The van der Waals surface area contributed by atoms with Gasteiger partial charge in [-0.05, 0) is 12.8 Å². The van der Waals surface area contributed by atoms with E-state index >= 15 is 0 Å². The van der Waals surface area contributed by atoms with Crippen LogP contribution in [0.15, 0.2) is 0 Å². The van der Waals surface area contributed by atoms with Crippen molar-refractivity contribution in [2.45, 2.75) is 18.9 Å². The first-order valence-corrected chi connectivity index (χ1v) is 2.63. The van der Waals surface area contributed by atoms with Crippen molar-refractivity contribution in [3.05, 3.63) is 0 Å². The van der Waals surface area contributed by atoms with Crippen molar-refractivity contribution in [1.29, 1.82) is 0 Å². The van der Waals surface area contributed by atoms with Gasteiger partial charge in [0.2, 0.25) is 0 Å². The number of carboxylic acid groups (broad SMARTS) is 2. The van der Waals surface area contributed by atoms with E-state index in [9.17, 15) is 19.8 Å². The number of aliphatic hydroxyl groups excluding tert-OH is 1. The monoisotopic (exact) mass is 284 g/mol. The average Bonchev–Trinajstić information content (AvgIpc) is 1.82. The first-order chi connectivity index (χ1) is 4.54. The van der Waals surface area contributed by atoms with Gasteiger partial charge in [0.25, 0.3) is 0 Å². The Kier molecular flexibility index (Phi) is 9.10. The number of hydrogen-bond acceptors (Lipinski definition) is 5. The molecule has 0 spiro atoms. The van der Waals surface area contributed by atoms with Crippen molar-refractivity contribution in [2.75, 3.05) is 0 Å². The molecule has 5 nitrogen and oxygen atoms in total. The van der Waals surface area contributed by atoms with E-state index < -0.39 is 24.5 Å². The van der Waals surface area contributed by atoms with Gasteiger partial charge in [-0.2, -0.15) is 0 Å². The third-order valence-electron chi connectivity index (χ3n) is 0.894. The SMILES string of the molecule is O=C([O-])CC[C@H](O)C(=O)[O-].[Ba+2]. The van der Waals surface area contributed by atoms with Gasteiger partial charge in [-0.15, -0.1) is 0 Å². The second-order valence-corrected chi connectivity index (χ2v) is 1.75. The summed E-state index contributed by atoms with van der Waals surface area (Å²) >= 11 is 0. The zero-order chi connectivity index (χ0) is 8.15. The first kappa shape index (κ1) is 14.0. The molecule has 11 heavy (non-hydrogen) atoms. The van der Waals surface area contributed by atoms with Gasteiger partial charge in [0.05, 0.1) is 12.1 Å². The predicted molar refractivity (Wildman–Crippen MR) is 31.0 cm³/mol. The van der Waals surface area contributed by atoms with Crippen LogP contribution in [0.4, 0.5) is 0 Å². The summed E-state index contributed by atoms with van der Waals surface area (Å²) in [5.74, 6) is -3.05. The number of carboxylic acids is 2. The number of carbonyl (C=O) groups excluding carboxylic acids is 2. The Morgan fingerprint density at radius 3 is 2.09 bits per heavy atom. The zero-order valence-electron chi connectivity index (χ0n) is 5.78. The van der Waals surface area contributed by atoms with Gasteiger partial charge in [-0.1, -0.05) is 0 Å². The van der Waals surface area contributed by atoms with E-state index in [0.29, 0.717) is 0 Å². The maximum atomic E-state index is 9.74. The van der Waals surface area contributed by atoms with Crippen LogP contribution in [0.2, 0.25) is 0 Å². The summed E-state index contributed by atoms with van der Waals surface area (Å²) in [5, 5.41) is 27.9. The van der Waals surface area contributed by atoms with E-state index in [0.717, 1.165) is 0 Å². The van der Waals surface area contributed by atoms with Crippen LogP contribution in [0.3, 0.4) is 0 Å². The molecule has 1 atom stereocenters. The van der Waals surface area contributed by atoms with Crippen molar-refractivity contribution < 1.29 is 24.9 Å². The van der Waals surface area contributed by atoms with Gasteiger partial charge in [-0.3, -0.25) is 0 Å². The van der Waals surface area contributed by atoms with Crippen molar-refractivity contribution in [3.63, 3.8) is 0 Å². The van der Waals surface area contributed by atoms with Gasteiger partial charge < -0.3 is 24.9 Å². The van der Waals surface area contributed by atoms with Gasteiger partial charge in [0.1, 0.15) is 0 Å². The van der Waals surface area contributed by atoms with Gasteiger partial charge in [0, 0.05) is 5.97 Å². The summed E-state index contributed by atoms with van der Waals surface area (Å²) in [6, 6.07) is 0. The summed E-state index contributed by atoms with van der Waals surface area (Å²) in [6.07, 6.45) is -2.56. The molecule has 0 heterocycles. The fourth-order valence-corrected chi connectivity index (χ4v) is 0.372. The molecule has 0 aromatic rings. The van der Waals surface area contributed by atoms with Crippen molar-refractivity contribution >= 4 is 60.8 Å². The summed E-state index contributed by atoms with van der Waals surface area (Å²) in [7, 11) is 0. The molecule has 58 valence electrons. The molecule has 0 aromatic heterocycles. The van der Waals surface area contributed by atoms with Crippen LogP contribution in [0.5, 0.6) is 0 Å². The minimum absolute atomic E-state index is 0. The van der Waals surface area contributed by atoms with Crippen molar-refractivity contribution in [3.8, 4) is 0 Å². The molecular formula is C5H6BaO5. The number of aliphatic carboxylic acids is 2. The summed E-state index contributed by atoms with van der Waals surface area (Å²) in [6.45, 7) is 0. The molecule has 0 amide bonds. The molecule has 0 saturated carbocycles. The average molecular weight is 283 g/mol. The summed E-state index contributed by atoms with van der Waals surface area (Å²) in [4.78, 5) is 19.4. The minimum atomic E-state index is -1.71. The van der Waals surface area contributed by atoms with Crippen LogP contribution in [-0.2, 0) is 9.59 Å². The summed E-state index contributed by atoms with van der Waals surface area (Å²) < 4.78 is 0. The standard InChI is InChI=1S/C5H8O5.Ba/c6-3(5(9)10)1-2-4(7)8;/h3,6H,1-2H2,(H,7,8)(H,9,10);/q;+2/p-2/t3-;/m0./s1. The van der Waals surface area contributed by atoms with Crippen LogP contribution in [0.25, 0.3) is 0 Å². The zero-order valence-corrected chi connectivity index (χ0v) is 10.2. The molecule has 0 bridgehead atoms. The Morgan fingerprint density at radius 2 is 1.82 bits per heavy atom. The van der Waals surface area contributed by atoms with Crippen molar-refractivity contribution in [1.82, 2.24) is 0 Å². The van der Waals surface area contributed by atoms with Crippen molar-refractivity contribution in [2.24, 2.45) is 0 Å². The van der Waals surface area contributed by atoms with E-state index in [-0.39, 0.29) is 55.3 Å². The number of hydrogen-bond donors (Lipinski definition) is 1. The molecule has 0 rings (SSSR count). The Bertz CT molecular complexity index is 146. The Hall–Kier alpha value is 0.471. The maximum absolute atomic E-state index is 9.74. The fraction of sp³-hybridized carbons (Fsp3) is 0.600. The molecule has 0 aliphatic carbocycles. The van der Waals surface area contributed by atoms with Crippen LogP contribution in [-0.4, -0.2) is 72.0 Å². The normalized spacial score (nSPS) is 11.4. The molecule has 0 aromatic carbocycles.